The molecule has 5 nitrogen and oxygen atoms in total. The van der Waals surface area contributed by atoms with Gasteiger partial charge in [-0.05, 0) is 38.5 Å². The van der Waals surface area contributed by atoms with Crippen LogP contribution in [0.5, 0.6) is 0 Å². The monoisotopic (exact) mass is 595 g/mol. The molecule has 248 valence electrons. The smallest absolute Gasteiger partial charge is 0.306 e. The van der Waals surface area contributed by atoms with Gasteiger partial charge in [-0.3, -0.25) is 9.59 Å². The Labute approximate surface area is 261 Å². The molecule has 0 saturated heterocycles. The third kappa shape index (κ3) is 31.6. The van der Waals surface area contributed by atoms with Crippen LogP contribution in [0.1, 0.15) is 194 Å². The maximum atomic E-state index is 12.1. The van der Waals surface area contributed by atoms with E-state index < -0.39 is 6.10 Å². The van der Waals surface area contributed by atoms with E-state index in [4.69, 9.17) is 9.47 Å². The molecule has 1 atom stereocenters. The van der Waals surface area contributed by atoms with Crippen LogP contribution in [0, 0.1) is 0 Å². The molecule has 42 heavy (non-hydrogen) atoms. The number of hydrogen-bond acceptors (Lipinski definition) is 5. The minimum atomic E-state index is -0.765. The predicted molar refractivity (Wildman–Crippen MR) is 178 cm³/mol. The molecule has 0 heterocycles. The Morgan fingerprint density at radius 2 is 0.881 bits per heavy atom. The third-order valence-electron chi connectivity index (χ3n) is 8.06. The number of ether oxygens (including phenoxy) is 2. The van der Waals surface area contributed by atoms with E-state index in [0.717, 1.165) is 38.5 Å². The SMILES string of the molecule is CCCCCCC=CCCCCCCCCCC(=O)OCC(CO)OC(=O)CCCCCCCCCCCCCCC. The topological polar surface area (TPSA) is 72.8 Å². The molecule has 0 spiro atoms. The zero-order valence-corrected chi connectivity index (χ0v) is 28.0. The lowest BCUT2D eigenvalue weighted by Crippen LogP contribution is -2.28. The van der Waals surface area contributed by atoms with Gasteiger partial charge in [-0.15, -0.1) is 0 Å². The molecular formula is C37H70O5. The number of aliphatic hydroxyl groups excluding tert-OH is 1. The van der Waals surface area contributed by atoms with Crippen molar-refractivity contribution in [2.45, 2.75) is 200 Å². The maximum absolute atomic E-state index is 12.1. The first-order valence-corrected chi connectivity index (χ1v) is 18.2. The number of carbonyl (C=O) groups excluding carboxylic acids is 2. The fourth-order valence-electron chi connectivity index (χ4n) is 5.25. The number of rotatable bonds is 33. The van der Waals surface area contributed by atoms with Crippen molar-refractivity contribution in [3.05, 3.63) is 12.2 Å². The Morgan fingerprint density at radius 3 is 1.31 bits per heavy atom. The molecule has 0 aliphatic carbocycles. The Bertz CT molecular complexity index is 603. The molecule has 0 bridgehead atoms. The Balaban J connectivity index is 3.54. The third-order valence-corrected chi connectivity index (χ3v) is 8.06. The van der Waals surface area contributed by atoms with Gasteiger partial charge in [-0.2, -0.15) is 0 Å². The van der Waals surface area contributed by atoms with Crippen molar-refractivity contribution in [3.63, 3.8) is 0 Å². The lowest BCUT2D eigenvalue weighted by atomic mass is 10.0. The van der Waals surface area contributed by atoms with Crippen LogP contribution in [-0.4, -0.2) is 36.4 Å². The van der Waals surface area contributed by atoms with Crippen molar-refractivity contribution in [3.8, 4) is 0 Å². The average Bonchev–Trinajstić information content (AvgIpc) is 2.99. The van der Waals surface area contributed by atoms with E-state index in [9.17, 15) is 14.7 Å². The molecule has 0 aromatic carbocycles. The van der Waals surface area contributed by atoms with Crippen molar-refractivity contribution < 1.29 is 24.2 Å². The first-order chi connectivity index (χ1) is 20.6. The van der Waals surface area contributed by atoms with Crippen LogP contribution in [0.3, 0.4) is 0 Å². The fraction of sp³-hybridized carbons (Fsp3) is 0.892. The normalized spacial score (nSPS) is 12.2. The highest BCUT2D eigenvalue weighted by Gasteiger charge is 2.16. The summed E-state index contributed by atoms with van der Waals surface area (Å²) < 4.78 is 10.6. The van der Waals surface area contributed by atoms with Gasteiger partial charge >= 0.3 is 11.9 Å². The maximum Gasteiger partial charge on any atom is 0.306 e. The number of carbonyl (C=O) groups is 2. The first-order valence-electron chi connectivity index (χ1n) is 18.2. The minimum Gasteiger partial charge on any atom is -0.462 e. The number of esters is 2. The van der Waals surface area contributed by atoms with Crippen LogP contribution in [0.2, 0.25) is 0 Å². The molecule has 0 saturated carbocycles. The molecule has 0 aromatic heterocycles. The second kappa shape index (κ2) is 34.1. The quantitative estimate of drug-likeness (QED) is 0.0465. The van der Waals surface area contributed by atoms with Crippen LogP contribution in [0.25, 0.3) is 0 Å². The van der Waals surface area contributed by atoms with Crippen LogP contribution < -0.4 is 0 Å². The van der Waals surface area contributed by atoms with Crippen LogP contribution in [0.4, 0.5) is 0 Å². The zero-order valence-electron chi connectivity index (χ0n) is 28.0. The minimum absolute atomic E-state index is 0.0626. The van der Waals surface area contributed by atoms with Crippen molar-refractivity contribution in [1.82, 2.24) is 0 Å². The fourth-order valence-corrected chi connectivity index (χ4v) is 5.25. The van der Waals surface area contributed by atoms with E-state index in [1.165, 1.54) is 128 Å². The van der Waals surface area contributed by atoms with Gasteiger partial charge < -0.3 is 14.6 Å². The van der Waals surface area contributed by atoms with E-state index in [2.05, 4.69) is 26.0 Å². The Morgan fingerprint density at radius 1 is 0.524 bits per heavy atom. The molecule has 0 fully saturated rings. The van der Waals surface area contributed by atoms with Gasteiger partial charge in [-0.1, -0.05) is 154 Å². The first kappa shape index (κ1) is 40.6. The number of aliphatic hydroxyl groups is 1. The largest absolute Gasteiger partial charge is 0.462 e. The van der Waals surface area contributed by atoms with Gasteiger partial charge in [0.05, 0.1) is 6.61 Å². The van der Waals surface area contributed by atoms with Crippen molar-refractivity contribution in [1.29, 1.82) is 0 Å². The average molecular weight is 595 g/mol. The van der Waals surface area contributed by atoms with E-state index in [1.807, 2.05) is 0 Å². The van der Waals surface area contributed by atoms with Gasteiger partial charge in [0.15, 0.2) is 6.10 Å². The number of hydrogen-bond donors (Lipinski definition) is 1. The molecule has 0 aliphatic heterocycles. The molecule has 0 radical (unpaired) electrons. The summed E-state index contributed by atoms with van der Waals surface area (Å²) in [6.45, 7) is 4.12. The summed E-state index contributed by atoms with van der Waals surface area (Å²) in [6.07, 6.45) is 36.9. The van der Waals surface area contributed by atoms with Crippen LogP contribution >= 0.6 is 0 Å². The highest BCUT2D eigenvalue weighted by atomic mass is 16.6. The summed E-state index contributed by atoms with van der Waals surface area (Å²) in [6, 6.07) is 0. The lowest BCUT2D eigenvalue weighted by molar-refractivity contribution is -0.161. The molecular weight excluding hydrogens is 524 g/mol. The van der Waals surface area contributed by atoms with Gasteiger partial charge in [0.2, 0.25) is 0 Å². The second-order valence-electron chi connectivity index (χ2n) is 12.3. The zero-order chi connectivity index (χ0) is 30.8. The molecule has 5 heteroatoms. The molecule has 0 rings (SSSR count). The summed E-state index contributed by atoms with van der Waals surface area (Å²) in [5.41, 5.74) is 0. The highest BCUT2D eigenvalue weighted by molar-refractivity contribution is 5.70. The van der Waals surface area contributed by atoms with Gasteiger partial charge in [-0.25, -0.2) is 0 Å². The molecule has 0 aromatic rings. The van der Waals surface area contributed by atoms with E-state index in [1.54, 1.807) is 0 Å². The Kier molecular flexibility index (Phi) is 33.0. The summed E-state index contributed by atoms with van der Waals surface area (Å²) in [7, 11) is 0. The summed E-state index contributed by atoms with van der Waals surface area (Å²) >= 11 is 0. The van der Waals surface area contributed by atoms with E-state index in [-0.39, 0.29) is 25.2 Å². The summed E-state index contributed by atoms with van der Waals surface area (Å²) in [4.78, 5) is 24.2. The molecule has 1 N–H and O–H groups in total. The number of unbranched alkanes of at least 4 members (excludes halogenated alkanes) is 23. The summed E-state index contributed by atoms with van der Waals surface area (Å²) in [5.74, 6) is -0.589. The van der Waals surface area contributed by atoms with Crippen molar-refractivity contribution in [2.75, 3.05) is 13.2 Å². The van der Waals surface area contributed by atoms with Crippen molar-refractivity contribution in [2.24, 2.45) is 0 Å². The molecule has 0 aliphatic rings. The summed E-state index contributed by atoms with van der Waals surface area (Å²) in [5, 5.41) is 9.52. The standard InChI is InChI=1S/C37H70O5/c1-3-5-7-9-11-13-15-17-18-20-21-23-25-27-29-31-36(39)41-34-35(33-38)42-37(40)32-30-28-26-24-22-19-16-14-12-10-8-6-4-2/h13,15,35,38H,3-12,14,16-34H2,1-2H3. The van der Waals surface area contributed by atoms with Gasteiger partial charge in [0, 0.05) is 12.8 Å². The van der Waals surface area contributed by atoms with E-state index in [0.29, 0.717) is 12.8 Å². The Hall–Kier alpha value is -1.36. The molecule has 0 amide bonds. The van der Waals surface area contributed by atoms with E-state index >= 15 is 0 Å². The second-order valence-corrected chi connectivity index (χ2v) is 12.3. The van der Waals surface area contributed by atoms with Crippen LogP contribution in [0.15, 0.2) is 12.2 Å². The highest BCUT2D eigenvalue weighted by Crippen LogP contribution is 2.14. The van der Waals surface area contributed by atoms with Gasteiger partial charge in [0.1, 0.15) is 6.61 Å². The van der Waals surface area contributed by atoms with Gasteiger partial charge in [0.25, 0.3) is 0 Å². The van der Waals surface area contributed by atoms with Crippen LogP contribution in [-0.2, 0) is 19.1 Å². The predicted octanol–water partition coefficient (Wildman–Crippen LogP) is 11.0. The number of allylic oxidation sites excluding steroid dienone is 2. The lowest BCUT2D eigenvalue weighted by Gasteiger charge is -2.15. The molecule has 1 unspecified atom stereocenters. The van der Waals surface area contributed by atoms with Crippen molar-refractivity contribution >= 4 is 11.9 Å².